The minimum Gasteiger partial charge on any atom is -0.481 e. The van der Waals surface area contributed by atoms with Crippen molar-refractivity contribution in [1.82, 2.24) is 14.9 Å². The van der Waals surface area contributed by atoms with Crippen LogP contribution < -0.4 is 10.5 Å². The molecule has 0 radical (unpaired) electrons. The Labute approximate surface area is 129 Å². The monoisotopic (exact) mass is 302 g/mol. The van der Waals surface area contributed by atoms with E-state index in [1.165, 1.54) is 0 Å². The Balaban J connectivity index is 1.74. The first kappa shape index (κ1) is 15.1. The van der Waals surface area contributed by atoms with Crippen LogP contribution in [0, 0.1) is 5.92 Å². The summed E-state index contributed by atoms with van der Waals surface area (Å²) in [6.45, 7) is 2.97. The summed E-state index contributed by atoms with van der Waals surface area (Å²) in [5.74, 6) is 0.786. The number of pyridine rings is 2. The number of likely N-dealkylation sites (tertiary alicyclic amines) is 1. The van der Waals surface area contributed by atoms with E-state index in [1.807, 2.05) is 24.4 Å². The number of rotatable bonds is 5. The van der Waals surface area contributed by atoms with E-state index in [9.17, 15) is 5.11 Å². The van der Waals surface area contributed by atoms with Crippen LogP contribution in [-0.4, -0.2) is 59.4 Å². The van der Waals surface area contributed by atoms with Crippen LogP contribution >= 0.6 is 0 Å². The lowest BCUT2D eigenvalue weighted by atomic mass is 10.1. The highest BCUT2D eigenvalue weighted by Crippen LogP contribution is 2.20. The number of ether oxygens (including phenoxy) is 1. The number of aromatic nitrogens is 2. The molecule has 1 aliphatic heterocycles. The third-order valence-corrected chi connectivity index (χ3v) is 4.33. The standard InChI is InChI=1S/C16H22N4O2/c1-22-15-3-2-13-16(19-15)11(4-6-18-13)5-7-20-9-12(8-17)14(21)10-20/h2-4,6,12,14,21H,5,7-10,17H2,1H3/t12-,14+/m0/s1. The third kappa shape index (κ3) is 3.04. The van der Waals surface area contributed by atoms with Crippen LogP contribution in [0.3, 0.4) is 0 Å². The Morgan fingerprint density at radius 1 is 1.36 bits per heavy atom. The highest BCUT2D eigenvalue weighted by molar-refractivity contribution is 5.78. The van der Waals surface area contributed by atoms with Gasteiger partial charge in [-0.25, -0.2) is 4.98 Å². The largest absolute Gasteiger partial charge is 0.481 e. The highest BCUT2D eigenvalue weighted by atomic mass is 16.5. The number of aliphatic hydroxyl groups is 1. The molecule has 6 nitrogen and oxygen atoms in total. The van der Waals surface area contributed by atoms with E-state index in [2.05, 4.69) is 14.9 Å². The summed E-state index contributed by atoms with van der Waals surface area (Å²) in [5.41, 5.74) is 8.59. The lowest BCUT2D eigenvalue weighted by Crippen LogP contribution is -2.25. The van der Waals surface area contributed by atoms with Crippen molar-refractivity contribution in [2.45, 2.75) is 12.5 Å². The molecular formula is C16H22N4O2. The Hall–Kier alpha value is -1.76. The van der Waals surface area contributed by atoms with Gasteiger partial charge in [0.1, 0.15) is 0 Å². The summed E-state index contributed by atoms with van der Waals surface area (Å²) >= 11 is 0. The summed E-state index contributed by atoms with van der Waals surface area (Å²) in [6.07, 6.45) is 2.37. The molecule has 0 aliphatic carbocycles. The molecule has 0 aromatic carbocycles. The fourth-order valence-corrected chi connectivity index (χ4v) is 3.01. The molecule has 0 bridgehead atoms. The van der Waals surface area contributed by atoms with E-state index in [-0.39, 0.29) is 12.0 Å². The Bertz CT molecular complexity index is 649. The van der Waals surface area contributed by atoms with Gasteiger partial charge in [-0.2, -0.15) is 0 Å². The van der Waals surface area contributed by atoms with Crippen molar-refractivity contribution in [3.05, 3.63) is 30.0 Å². The van der Waals surface area contributed by atoms with Crippen LogP contribution in [0.5, 0.6) is 5.88 Å². The second-order valence-corrected chi connectivity index (χ2v) is 5.76. The smallest absolute Gasteiger partial charge is 0.213 e. The Kier molecular flexibility index (Phi) is 4.52. The quantitative estimate of drug-likeness (QED) is 0.833. The SMILES string of the molecule is COc1ccc2nccc(CCN3C[C@H](CN)[C@H](O)C3)c2n1. The second-order valence-electron chi connectivity index (χ2n) is 5.76. The average Bonchev–Trinajstić information content (AvgIpc) is 2.92. The Morgan fingerprint density at radius 3 is 2.95 bits per heavy atom. The molecule has 0 unspecified atom stereocenters. The molecule has 2 aromatic heterocycles. The van der Waals surface area contributed by atoms with Gasteiger partial charge in [-0.1, -0.05) is 0 Å². The summed E-state index contributed by atoms with van der Waals surface area (Å²) in [7, 11) is 1.61. The zero-order chi connectivity index (χ0) is 15.5. The highest BCUT2D eigenvalue weighted by Gasteiger charge is 2.29. The first-order chi connectivity index (χ1) is 10.7. The van der Waals surface area contributed by atoms with E-state index >= 15 is 0 Å². The fourth-order valence-electron chi connectivity index (χ4n) is 3.01. The van der Waals surface area contributed by atoms with Gasteiger partial charge in [-0.05, 0) is 30.7 Å². The van der Waals surface area contributed by atoms with Gasteiger partial charge in [-0.15, -0.1) is 0 Å². The number of β-amino-alcohol motifs (C(OH)–C–C–N with tert-alkyl or cyclic N) is 1. The normalized spacial score (nSPS) is 22.3. The second kappa shape index (κ2) is 6.56. The van der Waals surface area contributed by atoms with Gasteiger partial charge < -0.3 is 20.5 Å². The molecule has 0 amide bonds. The molecule has 3 rings (SSSR count). The fraction of sp³-hybridized carbons (Fsp3) is 0.500. The number of fused-ring (bicyclic) bond motifs is 1. The number of hydrogen-bond donors (Lipinski definition) is 2. The molecule has 22 heavy (non-hydrogen) atoms. The van der Waals surface area contributed by atoms with Crippen LogP contribution in [0.25, 0.3) is 11.0 Å². The van der Waals surface area contributed by atoms with Gasteiger partial charge in [0.15, 0.2) is 0 Å². The van der Waals surface area contributed by atoms with Crippen molar-refractivity contribution in [2.24, 2.45) is 11.7 Å². The molecule has 1 saturated heterocycles. The molecule has 2 aromatic rings. The molecule has 3 N–H and O–H groups in total. The van der Waals surface area contributed by atoms with Gasteiger partial charge >= 0.3 is 0 Å². The molecule has 2 atom stereocenters. The maximum Gasteiger partial charge on any atom is 0.213 e. The zero-order valence-corrected chi connectivity index (χ0v) is 12.8. The molecular weight excluding hydrogens is 280 g/mol. The summed E-state index contributed by atoms with van der Waals surface area (Å²) in [4.78, 5) is 11.1. The average molecular weight is 302 g/mol. The van der Waals surface area contributed by atoms with Gasteiger partial charge in [-0.3, -0.25) is 4.98 Å². The van der Waals surface area contributed by atoms with E-state index < -0.39 is 0 Å². The number of nitrogens with zero attached hydrogens (tertiary/aromatic N) is 3. The molecule has 6 heteroatoms. The van der Waals surface area contributed by atoms with Crippen molar-refractivity contribution in [2.75, 3.05) is 33.3 Å². The van der Waals surface area contributed by atoms with Crippen LogP contribution in [0.4, 0.5) is 0 Å². The number of nitrogens with two attached hydrogens (primary N) is 1. The van der Waals surface area contributed by atoms with Gasteiger partial charge in [0.2, 0.25) is 5.88 Å². The lowest BCUT2D eigenvalue weighted by molar-refractivity contribution is 0.144. The number of hydrogen-bond acceptors (Lipinski definition) is 6. The molecule has 3 heterocycles. The molecule has 0 saturated carbocycles. The van der Waals surface area contributed by atoms with Gasteiger partial charge in [0.05, 0.1) is 24.2 Å². The van der Waals surface area contributed by atoms with Crippen LogP contribution in [0.15, 0.2) is 24.4 Å². The minimum atomic E-state index is -0.308. The van der Waals surface area contributed by atoms with Gasteiger partial charge in [0, 0.05) is 37.8 Å². The van der Waals surface area contributed by atoms with E-state index in [0.717, 1.165) is 36.1 Å². The summed E-state index contributed by atoms with van der Waals surface area (Å²) in [6, 6.07) is 5.75. The maximum atomic E-state index is 9.94. The van der Waals surface area contributed by atoms with E-state index in [0.29, 0.717) is 19.0 Å². The number of aliphatic hydroxyl groups excluding tert-OH is 1. The first-order valence-electron chi connectivity index (χ1n) is 7.60. The molecule has 0 spiro atoms. The predicted octanol–water partition coefficient (Wildman–Crippen LogP) is 0.432. The topological polar surface area (TPSA) is 84.5 Å². The van der Waals surface area contributed by atoms with Crippen LogP contribution in [0.2, 0.25) is 0 Å². The van der Waals surface area contributed by atoms with E-state index in [4.69, 9.17) is 10.5 Å². The van der Waals surface area contributed by atoms with E-state index in [1.54, 1.807) is 7.11 Å². The van der Waals surface area contributed by atoms with Crippen molar-refractivity contribution in [3.63, 3.8) is 0 Å². The van der Waals surface area contributed by atoms with Gasteiger partial charge in [0.25, 0.3) is 0 Å². The van der Waals surface area contributed by atoms with Crippen LogP contribution in [-0.2, 0) is 6.42 Å². The Morgan fingerprint density at radius 2 is 2.23 bits per heavy atom. The molecule has 118 valence electrons. The first-order valence-corrected chi connectivity index (χ1v) is 7.60. The van der Waals surface area contributed by atoms with Crippen molar-refractivity contribution < 1.29 is 9.84 Å². The van der Waals surface area contributed by atoms with Crippen molar-refractivity contribution in [1.29, 1.82) is 0 Å². The maximum absolute atomic E-state index is 9.94. The van der Waals surface area contributed by atoms with Crippen molar-refractivity contribution >= 4 is 11.0 Å². The zero-order valence-electron chi connectivity index (χ0n) is 12.8. The van der Waals surface area contributed by atoms with Crippen LogP contribution in [0.1, 0.15) is 5.56 Å². The third-order valence-electron chi connectivity index (χ3n) is 4.33. The summed E-state index contributed by atoms with van der Waals surface area (Å²) < 4.78 is 5.20. The number of methoxy groups -OCH3 is 1. The summed E-state index contributed by atoms with van der Waals surface area (Å²) in [5, 5.41) is 9.94. The molecule has 1 fully saturated rings. The van der Waals surface area contributed by atoms with Crippen molar-refractivity contribution in [3.8, 4) is 5.88 Å². The molecule has 1 aliphatic rings. The predicted molar refractivity (Wildman–Crippen MR) is 84.8 cm³/mol. The minimum absolute atomic E-state index is 0.187. The lowest BCUT2D eigenvalue weighted by Gasteiger charge is -2.15.